The summed E-state index contributed by atoms with van der Waals surface area (Å²) in [6.07, 6.45) is -10.1. The molecule has 0 bridgehead atoms. The Kier molecular flexibility index (Phi) is 12.1. The number of carbonyl (C=O) groups excluding carboxylic acids is 1. The molecule has 2 aromatic heterocycles. The van der Waals surface area contributed by atoms with Gasteiger partial charge in [-0.15, -0.1) is 0 Å². The van der Waals surface area contributed by atoms with E-state index < -0.39 is 70.5 Å². The summed E-state index contributed by atoms with van der Waals surface area (Å²) in [6.45, 7) is 1.32. The Morgan fingerprint density at radius 2 is 1.61 bits per heavy atom. The van der Waals surface area contributed by atoms with Gasteiger partial charge in [0.05, 0.1) is 59.3 Å². The van der Waals surface area contributed by atoms with Gasteiger partial charge >= 0.3 is 30.4 Å². The molecule has 5 rings (SSSR count). The number of esters is 1. The molecular formula is C37H36F6N6O7. The molecule has 0 aliphatic carbocycles. The highest BCUT2D eigenvalue weighted by Crippen LogP contribution is 2.51. The van der Waals surface area contributed by atoms with Gasteiger partial charge in [-0.25, -0.2) is 19.7 Å². The van der Waals surface area contributed by atoms with E-state index in [1.165, 1.54) is 31.6 Å². The number of pyridine rings is 1. The number of aliphatic carboxylic acids is 1. The average Bonchev–Trinajstić information content (AvgIpc) is 3.15. The van der Waals surface area contributed by atoms with E-state index in [2.05, 4.69) is 20.3 Å². The molecule has 1 aliphatic rings. The number of amides is 1. The quantitative estimate of drug-likeness (QED) is 0.0616. The number of benzene rings is 2. The van der Waals surface area contributed by atoms with E-state index in [1.54, 1.807) is 37.3 Å². The van der Waals surface area contributed by atoms with Gasteiger partial charge in [0, 0.05) is 18.5 Å². The molecule has 0 radical (unpaired) electrons. The Morgan fingerprint density at radius 1 is 0.982 bits per heavy atom. The molecule has 2 unspecified atom stereocenters. The molecule has 13 nitrogen and oxygen atoms in total. The molecule has 0 saturated carbocycles. The zero-order valence-electron chi connectivity index (χ0n) is 29.8. The third kappa shape index (κ3) is 9.10. The summed E-state index contributed by atoms with van der Waals surface area (Å²) in [5.74, 6) is -6.97. The first-order valence-electron chi connectivity index (χ1n) is 17.0. The summed E-state index contributed by atoms with van der Waals surface area (Å²) >= 11 is 0. The van der Waals surface area contributed by atoms with Crippen LogP contribution in [-0.2, 0) is 33.3 Å². The largest absolute Gasteiger partial charge is 0.481 e. The number of carboxylic acids is 1. The predicted octanol–water partition coefficient (Wildman–Crippen LogP) is 7.03. The highest BCUT2D eigenvalue weighted by molar-refractivity contribution is 5.94. The van der Waals surface area contributed by atoms with Gasteiger partial charge < -0.3 is 30.7 Å². The number of hydrogen-bond acceptors (Lipinski definition) is 10. The van der Waals surface area contributed by atoms with Crippen molar-refractivity contribution in [3.05, 3.63) is 107 Å². The van der Waals surface area contributed by atoms with Gasteiger partial charge in [0.15, 0.2) is 5.92 Å². The van der Waals surface area contributed by atoms with Crippen LogP contribution in [0.2, 0.25) is 0 Å². The standard InChI is InChI=1S/C37H36F6N6O7/c1-3-35(44)16-26(30-27(49(35)34(53)54)9-10-28(48-30)55-2)29(21-13-22(36(38,39)40)15-23(14-21)37(41,42)43)31-46-17-24(18-47-31)45-12-11-25(32(50)51)33(52)56-19-20-7-5-4-6-8-20/h4-10,13-15,17-18,25-26,29,45H,3,11-12,16,19,44H2,1-2H3,(H,50,51)(H,53,54)/t25?,26-,29?,35+/m0/s1. The highest BCUT2D eigenvalue weighted by Gasteiger charge is 2.49. The van der Waals surface area contributed by atoms with E-state index in [-0.39, 0.29) is 67.3 Å². The summed E-state index contributed by atoms with van der Waals surface area (Å²) in [6, 6.07) is 12.4. The summed E-state index contributed by atoms with van der Waals surface area (Å²) in [4.78, 5) is 50.9. The number of nitrogens with two attached hydrogens (primary N) is 1. The summed E-state index contributed by atoms with van der Waals surface area (Å²) in [7, 11) is 1.27. The number of ether oxygens (including phenoxy) is 2. The molecule has 5 N–H and O–H groups in total. The lowest BCUT2D eigenvalue weighted by Gasteiger charge is -2.47. The number of methoxy groups -OCH3 is 1. The maximum absolute atomic E-state index is 14.2. The number of fused-ring (bicyclic) bond motifs is 1. The summed E-state index contributed by atoms with van der Waals surface area (Å²) in [5, 5.41) is 22.7. The van der Waals surface area contributed by atoms with Gasteiger partial charge in [0.2, 0.25) is 5.88 Å². The second-order valence-corrected chi connectivity index (χ2v) is 13.0. The third-order valence-corrected chi connectivity index (χ3v) is 9.39. The number of rotatable bonds is 13. The van der Waals surface area contributed by atoms with Crippen LogP contribution < -0.4 is 20.7 Å². The van der Waals surface area contributed by atoms with E-state index in [0.717, 1.165) is 4.90 Å². The zero-order chi connectivity index (χ0) is 41.0. The predicted molar refractivity (Wildman–Crippen MR) is 187 cm³/mol. The Morgan fingerprint density at radius 3 is 2.14 bits per heavy atom. The first kappa shape index (κ1) is 41.2. The zero-order valence-corrected chi connectivity index (χ0v) is 29.8. The number of hydrogen-bond donors (Lipinski definition) is 4. The molecule has 0 fully saturated rings. The van der Waals surface area contributed by atoms with Crippen molar-refractivity contribution in [1.29, 1.82) is 0 Å². The Bertz CT molecular complexity index is 2020. The highest BCUT2D eigenvalue weighted by atomic mass is 19.4. The number of nitrogens with one attached hydrogen (secondary N) is 1. The van der Waals surface area contributed by atoms with Crippen LogP contribution in [0.1, 0.15) is 71.8 Å². The minimum atomic E-state index is -5.20. The van der Waals surface area contributed by atoms with Crippen LogP contribution in [0.4, 0.5) is 42.5 Å². The van der Waals surface area contributed by atoms with Crippen molar-refractivity contribution >= 4 is 29.4 Å². The van der Waals surface area contributed by atoms with Crippen molar-refractivity contribution in [3.63, 3.8) is 0 Å². The summed E-state index contributed by atoms with van der Waals surface area (Å²) < 4.78 is 95.3. The van der Waals surface area contributed by atoms with Crippen LogP contribution in [-0.4, -0.2) is 62.5 Å². The van der Waals surface area contributed by atoms with Crippen molar-refractivity contribution < 1.29 is 60.4 Å². The molecule has 298 valence electrons. The average molecular weight is 791 g/mol. The number of anilines is 2. The van der Waals surface area contributed by atoms with Gasteiger partial charge in [-0.3, -0.25) is 14.5 Å². The van der Waals surface area contributed by atoms with Crippen molar-refractivity contribution in [2.24, 2.45) is 11.7 Å². The van der Waals surface area contributed by atoms with Crippen LogP contribution >= 0.6 is 0 Å². The monoisotopic (exact) mass is 790 g/mol. The van der Waals surface area contributed by atoms with Gasteiger partial charge in [0.25, 0.3) is 0 Å². The molecule has 1 amide bonds. The van der Waals surface area contributed by atoms with Gasteiger partial charge in [0.1, 0.15) is 12.4 Å². The lowest BCUT2D eigenvalue weighted by Crippen LogP contribution is -2.61. The molecule has 2 aromatic carbocycles. The van der Waals surface area contributed by atoms with Crippen molar-refractivity contribution in [2.45, 2.75) is 62.6 Å². The molecule has 4 aromatic rings. The lowest BCUT2D eigenvalue weighted by atomic mass is 9.73. The number of nitrogens with zero attached hydrogens (tertiary/aromatic N) is 4. The molecular weight excluding hydrogens is 754 g/mol. The van der Waals surface area contributed by atoms with E-state index >= 15 is 0 Å². The van der Waals surface area contributed by atoms with Gasteiger partial charge in [-0.05, 0) is 54.7 Å². The molecule has 0 saturated heterocycles. The van der Waals surface area contributed by atoms with E-state index in [1.807, 2.05) is 0 Å². The Balaban J connectivity index is 1.53. The molecule has 56 heavy (non-hydrogen) atoms. The molecule has 0 spiro atoms. The second kappa shape index (κ2) is 16.4. The second-order valence-electron chi connectivity index (χ2n) is 13.0. The number of alkyl halides is 6. The van der Waals surface area contributed by atoms with Crippen LogP contribution in [0.3, 0.4) is 0 Å². The topological polar surface area (TPSA) is 190 Å². The molecule has 4 atom stereocenters. The number of carboxylic acid groups (broad SMARTS) is 2. The fourth-order valence-electron chi connectivity index (χ4n) is 6.55. The maximum atomic E-state index is 14.2. The normalized spacial score (nSPS) is 18.0. The van der Waals surface area contributed by atoms with Gasteiger partial charge in [-0.1, -0.05) is 37.3 Å². The SMILES string of the molecule is CC[C@]1(N)C[C@@H](C(c2cc(C(F)(F)F)cc(C(F)(F)F)c2)c2ncc(NCCC(C(=O)O)C(=O)OCc3ccccc3)cn2)c2nc(OC)ccc2N1C(=O)O. The fraction of sp³-hybridized carbons (Fsp3) is 0.351. The smallest absolute Gasteiger partial charge is 0.416 e. The van der Waals surface area contributed by atoms with Crippen LogP contribution in [0, 0.1) is 5.92 Å². The molecule has 3 heterocycles. The number of halogens is 6. The fourth-order valence-corrected chi connectivity index (χ4v) is 6.55. The first-order valence-corrected chi connectivity index (χ1v) is 17.0. The minimum absolute atomic E-state index is 0.0161. The third-order valence-electron chi connectivity index (χ3n) is 9.39. The van der Waals surface area contributed by atoms with Gasteiger partial charge in [-0.2, -0.15) is 26.3 Å². The van der Waals surface area contributed by atoms with Crippen molar-refractivity contribution in [2.75, 3.05) is 23.9 Å². The number of aromatic nitrogens is 3. The van der Waals surface area contributed by atoms with Crippen LogP contribution in [0.25, 0.3) is 0 Å². The van der Waals surface area contributed by atoms with Crippen molar-refractivity contribution in [3.8, 4) is 5.88 Å². The Labute approximate surface area is 315 Å². The molecule has 1 aliphatic heterocycles. The summed E-state index contributed by atoms with van der Waals surface area (Å²) in [5.41, 5.74) is 1.94. The first-order chi connectivity index (χ1) is 26.4. The number of carbonyl (C=O) groups is 3. The molecule has 19 heteroatoms. The van der Waals surface area contributed by atoms with Crippen molar-refractivity contribution in [1.82, 2.24) is 15.0 Å². The van der Waals surface area contributed by atoms with Crippen LogP contribution in [0.15, 0.2) is 73.1 Å². The van der Waals surface area contributed by atoms with Crippen LogP contribution in [0.5, 0.6) is 5.88 Å². The van der Waals surface area contributed by atoms with E-state index in [0.29, 0.717) is 17.7 Å². The van der Waals surface area contributed by atoms with E-state index in [4.69, 9.17) is 15.2 Å². The Hall–Kier alpha value is -5.98. The lowest BCUT2D eigenvalue weighted by molar-refractivity contribution is -0.159. The van der Waals surface area contributed by atoms with E-state index in [9.17, 15) is 50.9 Å². The minimum Gasteiger partial charge on any atom is -0.481 e. The maximum Gasteiger partial charge on any atom is 0.416 e.